The highest BCUT2D eigenvalue weighted by atomic mass is 19.1. The van der Waals surface area contributed by atoms with Gasteiger partial charge in [0.1, 0.15) is 22.8 Å². The highest BCUT2D eigenvalue weighted by Gasteiger charge is 2.26. The number of fused-ring (bicyclic) bond motifs is 1. The van der Waals surface area contributed by atoms with Crippen LogP contribution in [0.5, 0.6) is 5.75 Å². The molecule has 0 spiro atoms. The van der Waals surface area contributed by atoms with Crippen LogP contribution in [-0.2, 0) is 25.6 Å². The highest BCUT2D eigenvalue weighted by Crippen LogP contribution is 2.32. The Bertz CT molecular complexity index is 1290. The number of aromatic nitrogens is 4. The molecule has 8 heteroatoms. The molecule has 7 nitrogen and oxygen atoms in total. The fourth-order valence-corrected chi connectivity index (χ4v) is 4.06. The van der Waals surface area contributed by atoms with Gasteiger partial charge in [-0.15, -0.1) is 0 Å². The molecule has 3 aromatic heterocycles. The third-order valence-electron chi connectivity index (χ3n) is 5.84. The van der Waals surface area contributed by atoms with E-state index in [1.54, 1.807) is 24.6 Å². The number of imidazole rings is 1. The van der Waals surface area contributed by atoms with Gasteiger partial charge in [-0.25, -0.2) is 9.37 Å². The van der Waals surface area contributed by atoms with Gasteiger partial charge >= 0.3 is 0 Å². The van der Waals surface area contributed by atoms with Crippen LogP contribution in [0.25, 0.3) is 16.8 Å². The summed E-state index contributed by atoms with van der Waals surface area (Å²) in [6.07, 6.45) is 4.38. The molecule has 4 aromatic rings. The molecule has 174 valence electrons. The van der Waals surface area contributed by atoms with E-state index < -0.39 is 5.60 Å². The molecule has 0 atom stereocenters. The summed E-state index contributed by atoms with van der Waals surface area (Å²) in [4.78, 5) is 4.43. The second kappa shape index (κ2) is 8.96. The zero-order valence-electron chi connectivity index (χ0n) is 19.7. The number of benzene rings is 1. The van der Waals surface area contributed by atoms with Crippen molar-refractivity contribution in [1.82, 2.24) is 24.5 Å². The summed E-state index contributed by atoms with van der Waals surface area (Å²) in [6.45, 7) is 6.42. The lowest BCUT2D eigenvalue weighted by Gasteiger charge is -2.17. The maximum Gasteiger partial charge on any atom is 0.136 e. The van der Waals surface area contributed by atoms with Crippen molar-refractivity contribution < 1.29 is 14.2 Å². The standard InChI is InChI=1S/C25H30FN5O2/c1-16-20(24(25(2,3)32)29-30(16)5)10-11-33-22-12-18(26)7-8-21(22)17-6-9-23-28-14-19(13-27-4)31(23)15-17/h6-9,12,14-15,27,32H,10-11,13H2,1-5H3. The van der Waals surface area contributed by atoms with Crippen LogP contribution >= 0.6 is 0 Å². The van der Waals surface area contributed by atoms with Gasteiger partial charge < -0.3 is 19.6 Å². The number of halogens is 1. The number of hydrogen-bond acceptors (Lipinski definition) is 5. The molecule has 0 aliphatic carbocycles. The minimum Gasteiger partial charge on any atom is -0.492 e. The van der Waals surface area contributed by atoms with E-state index in [4.69, 9.17) is 4.74 Å². The van der Waals surface area contributed by atoms with Gasteiger partial charge in [0.25, 0.3) is 0 Å². The van der Waals surface area contributed by atoms with Crippen LogP contribution in [0, 0.1) is 12.7 Å². The maximum atomic E-state index is 14.1. The van der Waals surface area contributed by atoms with Crippen molar-refractivity contribution in [3.8, 4) is 16.9 Å². The van der Waals surface area contributed by atoms with Gasteiger partial charge in [-0.05, 0) is 52.1 Å². The van der Waals surface area contributed by atoms with Gasteiger partial charge in [-0.3, -0.25) is 4.68 Å². The van der Waals surface area contributed by atoms with Gasteiger partial charge in [0.15, 0.2) is 0 Å². The Kier molecular flexibility index (Phi) is 6.23. The van der Waals surface area contributed by atoms with E-state index in [1.807, 2.05) is 49.9 Å². The van der Waals surface area contributed by atoms with Crippen LogP contribution in [0.4, 0.5) is 4.39 Å². The summed E-state index contributed by atoms with van der Waals surface area (Å²) in [5, 5.41) is 18.1. The number of ether oxygens (including phenoxy) is 1. The number of rotatable bonds is 8. The minimum absolute atomic E-state index is 0.324. The average molecular weight is 452 g/mol. The molecule has 0 bridgehead atoms. The number of hydrogen-bond donors (Lipinski definition) is 2. The zero-order valence-corrected chi connectivity index (χ0v) is 19.7. The first-order valence-electron chi connectivity index (χ1n) is 11.0. The Morgan fingerprint density at radius 3 is 2.73 bits per heavy atom. The Hall–Kier alpha value is -3.23. The normalized spacial score (nSPS) is 12.0. The number of aryl methyl sites for hydroxylation is 1. The Morgan fingerprint density at radius 2 is 2.00 bits per heavy atom. The Labute approximate surface area is 192 Å². The number of nitrogens with one attached hydrogen (secondary N) is 1. The van der Waals surface area contributed by atoms with E-state index in [0.29, 0.717) is 31.0 Å². The third kappa shape index (κ3) is 4.62. The van der Waals surface area contributed by atoms with Crippen LogP contribution in [-0.4, -0.2) is 37.9 Å². The molecule has 2 N–H and O–H groups in total. The lowest BCUT2D eigenvalue weighted by Crippen LogP contribution is -2.19. The van der Waals surface area contributed by atoms with Crippen molar-refractivity contribution in [2.75, 3.05) is 13.7 Å². The Morgan fingerprint density at radius 1 is 1.21 bits per heavy atom. The lowest BCUT2D eigenvalue weighted by molar-refractivity contribution is 0.0721. The molecule has 3 heterocycles. The molecule has 4 rings (SSSR count). The van der Waals surface area contributed by atoms with Crippen molar-refractivity contribution in [3.05, 3.63) is 71.2 Å². The smallest absolute Gasteiger partial charge is 0.136 e. The lowest BCUT2D eigenvalue weighted by atomic mass is 9.98. The second-order valence-electron chi connectivity index (χ2n) is 8.76. The number of pyridine rings is 1. The van der Waals surface area contributed by atoms with E-state index in [1.165, 1.54) is 12.1 Å². The molecule has 0 fully saturated rings. The highest BCUT2D eigenvalue weighted by molar-refractivity contribution is 5.71. The molecule has 0 aliphatic rings. The van der Waals surface area contributed by atoms with Gasteiger partial charge in [0, 0.05) is 54.7 Å². The van der Waals surface area contributed by atoms with E-state index in [2.05, 4.69) is 15.4 Å². The molecule has 0 unspecified atom stereocenters. The summed E-state index contributed by atoms with van der Waals surface area (Å²) in [6, 6.07) is 8.49. The van der Waals surface area contributed by atoms with Gasteiger partial charge in [-0.1, -0.05) is 0 Å². The zero-order chi connectivity index (χ0) is 23.8. The molecule has 0 aliphatic heterocycles. The summed E-state index contributed by atoms with van der Waals surface area (Å²) >= 11 is 0. The fourth-order valence-electron chi connectivity index (χ4n) is 4.06. The first-order chi connectivity index (χ1) is 15.7. The SMILES string of the molecule is CNCc1cnc2ccc(-c3ccc(F)cc3OCCc3c(C(C)(C)O)nn(C)c3C)cn12. The van der Waals surface area contributed by atoms with Gasteiger partial charge in [0.05, 0.1) is 24.2 Å². The van der Waals surface area contributed by atoms with E-state index >= 15 is 0 Å². The quantitative estimate of drug-likeness (QED) is 0.427. The summed E-state index contributed by atoms with van der Waals surface area (Å²) in [5.41, 5.74) is 5.07. The first kappa shape index (κ1) is 22.9. The molecule has 33 heavy (non-hydrogen) atoms. The van der Waals surface area contributed by atoms with Crippen molar-refractivity contribution in [2.45, 2.75) is 39.3 Å². The summed E-state index contributed by atoms with van der Waals surface area (Å²) in [7, 11) is 3.75. The topological polar surface area (TPSA) is 76.6 Å². The van der Waals surface area contributed by atoms with Crippen LogP contribution in [0.3, 0.4) is 0 Å². The van der Waals surface area contributed by atoms with Crippen molar-refractivity contribution >= 4 is 5.65 Å². The largest absolute Gasteiger partial charge is 0.492 e. The predicted molar refractivity (Wildman–Crippen MR) is 126 cm³/mol. The third-order valence-corrected chi connectivity index (χ3v) is 5.84. The van der Waals surface area contributed by atoms with Gasteiger partial charge in [0.2, 0.25) is 0 Å². The van der Waals surface area contributed by atoms with Crippen LogP contribution in [0.1, 0.15) is 36.5 Å². The molecule has 0 saturated carbocycles. The van der Waals surface area contributed by atoms with Crippen molar-refractivity contribution in [1.29, 1.82) is 0 Å². The molecular weight excluding hydrogens is 421 g/mol. The second-order valence-corrected chi connectivity index (χ2v) is 8.76. The molecule has 0 saturated heterocycles. The van der Waals surface area contributed by atoms with Gasteiger partial charge in [-0.2, -0.15) is 5.10 Å². The van der Waals surface area contributed by atoms with E-state index in [9.17, 15) is 9.50 Å². The Balaban J connectivity index is 1.62. The molecular formula is C25H30FN5O2. The molecule has 0 amide bonds. The van der Waals surface area contributed by atoms with E-state index in [-0.39, 0.29) is 5.82 Å². The monoisotopic (exact) mass is 451 g/mol. The summed E-state index contributed by atoms with van der Waals surface area (Å²) < 4.78 is 24.0. The maximum absolute atomic E-state index is 14.1. The number of aliphatic hydroxyl groups is 1. The minimum atomic E-state index is -1.06. The molecule has 1 aromatic carbocycles. The fraction of sp³-hybridized carbons (Fsp3) is 0.360. The first-order valence-corrected chi connectivity index (χ1v) is 11.0. The van der Waals surface area contributed by atoms with Crippen LogP contribution < -0.4 is 10.1 Å². The molecule has 0 radical (unpaired) electrons. The summed E-state index contributed by atoms with van der Waals surface area (Å²) in [5.74, 6) is 0.110. The van der Waals surface area contributed by atoms with E-state index in [0.717, 1.165) is 33.7 Å². The average Bonchev–Trinajstić information content (AvgIpc) is 3.29. The predicted octanol–water partition coefficient (Wildman–Crippen LogP) is 3.75. The number of nitrogens with zero attached hydrogens (tertiary/aromatic N) is 4. The van der Waals surface area contributed by atoms with Crippen LogP contribution in [0.15, 0.2) is 42.7 Å². The van der Waals surface area contributed by atoms with Crippen molar-refractivity contribution in [3.63, 3.8) is 0 Å². The van der Waals surface area contributed by atoms with Crippen LogP contribution in [0.2, 0.25) is 0 Å². The van der Waals surface area contributed by atoms with Crippen molar-refractivity contribution in [2.24, 2.45) is 7.05 Å².